The number of fused-ring (bicyclic) bond motifs is 1. The Kier molecular flexibility index (Phi) is 21.0. The second-order valence-corrected chi connectivity index (χ2v) is 18.6. The van der Waals surface area contributed by atoms with Crippen LogP contribution in [0.15, 0.2) is 155 Å². The molecule has 0 spiro atoms. The normalized spacial score (nSPS) is 11.3. The van der Waals surface area contributed by atoms with Gasteiger partial charge >= 0.3 is 5.97 Å². The van der Waals surface area contributed by atoms with Gasteiger partial charge in [0.05, 0.1) is 58.9 Å². The van der Waals surface area contributed by atoms with E-state index in [1.807, 2.05) is 102 Å². The number of phenols is 2. The molecule has 2 N–H and O–H groups in total. The number of para-hydroxylation sites is 3. The van der Waals surface area contributed by atoms with Crippen molar-refractivity contribution in [3.63, 3.8) is 0 Å². The van der Waals surface area contributed by atoms with Crippen LogP contribution in [0.5, 0.6) is 11.5 Å². The molecular weight excluding hydrogens is 951 g/mol. The number of aryl methyl sites for hydroxylation is 4. The third-order valence-corrected chi connectivity index (χ3v) is 11.9. The molecule has 0 saturated carbocycles. The average molecular weight is 1020 g/mol. The number of carbonyl (C=O) groups is 3. The number of aromatic hydroxyl groups is 2. The van der Waals surface area contributed by atoms with Crippen molar-refractivity contribution in [2.45, 2.75) is 94.9 Å². The summed E-state index contributed by atoms with van der Waals surface area (Å²) in [6, 6.07) is 41.0. The lowest BCUT2D eigenvalue weighted by atomic mass is 9.93. The van der Waals surface area contributed by atoms with Crippen LogP contribution < -0.4 is 0 Å². The predicted molar refractivity (Wildman–Crippen MR) is 307 cm³/mol. The minimum atomic E-state index is -0.402. The topological polar surface area (TPSA) is 190 Å². The van der Waals surface area contributed by atoms with Crippen LogP contribution in [-0.2, 0) is 4.74 Å². The molecule has 8 rings (SSSR count). The molecule has 0 aliphatic carbocycles. The molecule has 13 nitrogen and oxygen atoms in total. The molecule has 0 atom stereocenters. The van der Waals surface area contributed by atoms with E-state index in [1.54, 1.807) is 67.0 Å². The number of carbonyl (C=O) groups excluding carboxylic acids is 3. The Morgan fingerprint density at radius 2 is 1.00 bits per heavy atom. The van der Waals surface area contributed by atoms with Gasteiger partial charge in [-0.05, 0) is 147 Å². The second kappa shape index (κ2) is 27.4. The Hall–Kier alpha value is -8.84. The maximum Gasteiger partial charge on any atom is 0.356 e. The van der Waals surface area contributed by atoms with Gasteiger partial charge < -0.3 is 14.9 Å². The highest BCUT2D eigenvalue weighted by Gasteiger charge is 2.14. The molecule has 390 valence electrons. The van der Waals surface area contributed by atoms with E-state index in [-0.39, 0.29) is 23.1 Å². The largest absolute Gasteiger partial charge is 0.508 e. The highest BCUT2D eigenvalue weighted by atomic mass is 16.5. The fourth-order valence-electron chi connectivity index (χ4n) is 7.80. The number of esters is 1. The van der Waals surface area contributed by atoms with Crippen LogP contribution in [0.1, 0.15) is 149 Å². The highest BCUT2D eigenvalue weighted by molar-refractivity contribution is 6.01. The molecule has 76 heavy (non-hydrogen) atoms. The molecule has 4 aromatic heterocycles. The van der Waals surface area contributed by atoms with Gasteiger partial charge in [-0.1, -0.05) is 100 Å². The summed E-state index contributed by atoms with van der Waals surface area (Å²) in [4.78, 5) is 64.5. The minimum absolute atomic E-state index is 0.0354. The Balaban J connectivity index is 0.000000194. The quantitative estimate of drug-likeness (QED) is 0.0716. The third-order valence-electron chi connectivity index (χ3n) is 11.9. The summed E-state index contributed by atoms with van der Waals surface area (Å²) in [7, 11) is 1.33. The number of rotatable bonds is 11. The van der Waals surface area contributed by atoms with E-state index in [9.17, 15) is 24.6 Å². The van der Waals surface area contributed by atoms with Gasteiger partial charge in [-0.2, -0.15) is 0 Å². The number of hydrogen-bond donors (Lipinski definition) is 2. The van der Waals surface area contributed by atoms with E-state index in [0.717, 1.165) is 67.5 Å². The summed E-state index contributed by atoms with van der Waals surface area (Å²) >= 11 is 0. The number of ether oxygens (including phenoxy) is 1. The first-order valence-electron chi connectivity index (χ1n) is 24.9. The van der Waals surface area contributed by atoms with Crippen molar-refractivity contribution < 1.29 is 29.3 Å². The lowest BCUT2D eigenvalue weighted by Crippen LogP contribution is -2.04. The molecule has 4 aromatic carbocycles. The van der Waals surface area contributed by atoms with Crippen molar-refractivity contribution in [2.75, 3.05) is 7.11 Å². The SMILES string of the molecule is CC(=O)c1cccc(C(C)=Nc2c(C)cc(O)cc2C)n1.CC(=O)c1cccc(C(C)=Nc2c(C)cccc2C)n1.CC(C)c1cccc(C(C)C)c1N=Cc1ccc2cccc(O)c2n1.COC(=O)c1ccccn1. The first-order valence-corrected chi connectivity index (χ1v) is 24.9. The number of pyridine rings is 4. The predicted octanol–water partition coefficient (Wildman–Crippen LogP) is 14.6. The minimum Gasteiger partial charge on any atom is -0.508 e. The summed E-state index contributed by atoms with van der Waals surface area (Å²) in [6.07, 6.45) is 3.34. The Morgan fingerprint density at radius 1 is 0.526 bits per heavy atom. The van der Waals surface area contributed by atoms with Gasteiger partial charge in [0, 0.05) is 25.4 Å². The molecule has 4 heterocycles. The van der Waals surface area contributed by atoms with Crippen LogP contribution in [0.25, 0.3) is 10.9 Å². The van der Waals surface area contributed by atoms with E-state index >= 15 is 0 Å². The molecule has 0 saturated heterocycles. The Labute approximate surface area is 446 Å². The van der Waals surface area contributed by atoms with Gasteiger partial charge in [0.2, 0.25) is 0 Å². The lowest BCUT2D eigenvalue weighted by molar-refractivity contribution is 0.0593. The monoisotopic (exact) mass is 1020 g/mol. The lowest BCUT2D eigenvalue weighted by Gasteiger charge is -2.16. The number of methoxy groups -OCH3 is 1. The van der Waals surface area contributed by atoms with Crippen LogP contribution in [0.3, 0.4) is 0 Å². The van der Waals surface area contributed by atoms with Crippen LogP contribution in [0.4, 0.5) is 17.1 Å². The van der Waals surface area contributed by atoms with Crippen molar-refractivity contribution in [3.05, 3.63) is 207 Å². The zero-order valence-electron chi connectivity index (χ0n) is 45.7. The van der Waals surface area contributed by atoms with E-state index in [0.29, 0.717) is 40.1 Å². The van der Waals surface area contributed by atoms with E-state index in [4.69, 9.17) is 4.99 Å². The maximum atomic E-state index is 11.4. The molecule has 0 aliphatic rings. The van der Waals surface area contributed by atoms with Crippen LogP contribution >= 0.6 is 0 Å². The summed E-state index contributed by atoms with van der Waals surface area (Å²) in [5.41, 5.74) is 14.9. The number of ketones is 2. The molecule has 0 aliphatic heterocycles. The summed E-state index contributed by atoms with van der Waals surface area (Å²) in [5.74, 6) is 0.726. The number of hydrogen-bond acceptors (Lipinski definition) is 13. The number of benzene rings is 4. The highest BCUT2D eigenvalue weighted by Crippen LogP contribution is 2.35. The summed E-state index contributed by atoms with van der Waals surface area (Å²) in [5, 5.41) is 20.5. The van der Waals surface area contributed by atoms with Crippen molar-refractivity contribution in [2.24, 2.45) is 15.0 Å². The summed E-state index contributed by atoms with van der Waals surface area (Å²) in [6.45, 7) is 23.4. The van der Waals surface area contributed by atoms with E-state index in [2.05, 4.69) is 80.6 Å². The fraction of sp³-hybridized carbons (Fsp3) is 0.238. The Morgan fingerprint density at radius 3 is 1.49 bits per heavy atom. The molecule has 0 radical (unpaired) electrons. The zero-order valence-corrected chi connectivity index (χ0v) is 45.7. The van der Waals surface area contributed by atoms with Crippen LogP contribution in [-0.4, -0.2) is 72.4 Å². The molecule has 0 fully saturated rings. The van der Waals surface area contributed by atoms with E-state index in [1.165, 1.54) is 32.1 Å². The smallest absolute Gasteiger partial charge is 0.356 e. The fourth-order valence-corrected chi connectivity index (χ4v) is 7.80. The molecular formula is C63H67N7O6. The zero-order chi connectivity index (χ0) is 55.6. The maximum absolute atomic E-state index is 11.4. The van der Waals surface area contributed by atoms with Crippen molar-refractivity contribution in [3.8, 4) is 11.5 Å². The van der Waals surface area contributed by atoms with Crippen molar-refractivity contribution in [1.29, 1.82) is 0 Å². The van der Waals surface area contributed by atoms with Gasteiger partial charge in [-0.3, -0.25) is 24.6 Å². The standard InChI is InChI=1S/C22H24N2O.C17H18N2O2.C17H18N2O.C7H7NO2/c1-14(2)18-8-6-9-19(15(3)4)22(18)23-13-17-12-11-16-7-5-10-20(25)21(16)24-17;1-10-8-14(21)9-11(2)17(10)18-12(3)15-6-5-7-16(19-15)13(4)20;1-11-7-5-8-12(2)17(11)18-13(3)15-9-6-10-16(19-15)14(4)20;1-10-7(9)6-4-2-3-5-8-6/h5-15,25H,1-4H3;5-9,21H,1-4H3;5-10H,1-4H3;2-5H,1H3. The van der Waals surface area contributed by atoms with Gasteiger partial charge in [0.25, 0.3) is 0 Å². The van der Waals surface area contributed by atoms with Gasteiger partial charge in [0.1, 0.15) is 34.1 Å². The first-order chi connectivity index (χ1) is 36.2. The number of phenolic OH excluding ortho intramolecular Hbond substituents is 2. The van der Waals surface area contributed by atoms with Gasteiger partial charge in [0.15, 0.2) is 11.6 Å². The molecule has 0 unspecified atom stereocenters. The number of aromatic nitrogens is 4. The molecule has 13 heteroatoms. The van der Waals surface area contributed by atoms with Crippen LogP contribution in [0.2, 0.25) is 0 Å². The van der Waals surface area contributed by atoms with Gasteiger partial charge in [-0.25, -0.2) is 24.7 Å². The first kappa shape index (κ1) is 58.1. The summed E-state index contributed by atoms with van der Waals surface area (Å²) < 4.78 is 4.43. The number of aliphatic imine (C=N–C) groups is 3. The van der Waals surface area contributed by atoms with Gasteiger partial charge in [-0.15, -0.1) is 0 Å². The molecule has 8 aromatic rings. The molecule has 0 amide bonds. The molecule has 0 bridgehead atoms. The average Bonchev–Trinajstić information content (AvgIpc) is 3.41. The van der Waals surface area contributed by atoms with Crippen LogP contribution in [0, 0.1) is 27.7 Å². The Bertz CT molecular complexity index is 3370. The van der Waals surface area contributed by atoms with Crippen molar-refractivity contribution >= 4 is 63.1 Å². The second-order valence-electron chi connectivity index (χ2n) is 18.6. The third kappa shape index (κ3) is 16.1. The number of Topliss-reactive ketones (excluding diaryl/α,β-unsaturated/α-hetero) is 2. The van der Waals surface area contributed by atoms with E-state index < -0.39 is 5.97 Å². The van der Waals surface area contributed by atoms with Crippen molar-refractivity contribution in [1.82, 2.24) is 19.9 Å². The number of nitrogens with zero attached hydrogens (tertiary/aromatic N) is 7.